The van der Waals surface area contributed by atoms with Crippen molar-refractivity contribution in [1.82, 2.24) is 20.9 Å². The second kappa shape index (κ2) is 14.6. The molecule has 45 heavy (non-hydrogen) atoms. The molecular weight excluding hydrogens is 617 g/mol. The molecule has 0 aliphatic heterocycles. The Bertz CT molecular complexity index is 1570. The molecule has 0 saturated heterocycles. The third kappa shape index (κ3) is 7.76. The average Bonchev–Trinajstić information content (AvgIpc) is 3.38. The van der Waals surface area contributed by atoms with Gasteiger partial charge in [-0.3, -0.25) is 9.59 Å². The molecule has 9 nitrogen and oxygen atoms in total. The second-order valence-corrected chi connectivity index (χ2v) is 12.8. The van der Waals surface area contributed by atoms with E-state index >= 15 is 0 Å². The fraction of sp³-hybridized carbons (Fsp3) is 0.455. The molecule has 5 atom stereocenters. The van der Waals surface area contributed by atoms with Crippen LogP contribution in [0.2, 0.25) is 5.02 Å². The molecule has 2 aromatic carbocycles. The summed E-state index contributed by atoms with van der Waals surface area (Å²) in [6.45, 7) is 7.68. The van der Waals surface area contributed by atoms with Gasteiger partial charge in [-0.25, -0.2) is 9.18 Å². The van der Waals surface area contributed by atoms with E-state index < -0.39 is 41.3 Å². The first kappa shape index (κ1) is 34.2. The zero-order valence-electron chi connectivity index (χ0n) is 26.0. The zero-order valence-corrected chi connectivity index (χ0v) is 27.5. The number of hydrogen-bond donors (Lipinski definition) is 5. The van der Waals surface area contributed by atoms with Gasteiger partial charge in [0.2, 0.25) is 11.8 Å². The Morgan fingerprint density at radius 1 is 1.09 bits per heavy atom. The molecular formula is C33H41ClFN5O4S. The number of rotatable bonds is 12. The topological polar surface area (TPSA) is 138 Å². The first-order valence-electron chi connectivity index (χ1n) is 15.3. The van der Waals surface area contributed by atoms with Crippen molar-refractivity contribution in [1.29, 1.82) is 0 Å². The van der Waals surface area contributed by atoms with Crippen molar-refractivity contribution >= 4 is 57.6 Å². The van der Waals surface area contributed by atoms with Crippen LogP contribution in [0.3, 0.4) is 0 Å². The molecule has 3 amide bonds. The summed E-state index contributed by atoms with van der Waals surface area (Å²) in [6.07, 6.45) is 1.17. The summed E-state index contributed by atoms with van der Waals surface area (Å²) >= 11 is 11.7. The number of carbonyl (C=O) groups excluding carboxylic acids is 3. The number of carbonyl (C=O) groups is 3. The van der Waals surface area contributed by atoms with Gasteiger partial charge < -0.3 is 31.4 Å². The third-order valence-corrected chi connectivity index (χ3v) is 9.44. The number of aryl methyl sites for hydroxylation is 1. The molecule has 5 unspecified atom stereocenters. The van der Waals surface area contributed by atoms with E-state index in [1.807, 2.05) is 58.0 Å². The molecule has 1 aliphatic rings. The van der Waals surface area contributed by atoms with Crippen molar-refractivity contribution in [3.05, 3.63) is 70.1 Å². The lowest BCUT2D eigenvalue weighted by molar-refractivity contribution is -0.136. The van der Waals surface area contributed by atoms with E-state index in [4.69, 9.17) is 34.3 Å². The Hall–Kier alpha value is -3.70. The number of nitrogens with one attached hydrogen (secondary N) is 4. The zero-order chi connectivity index (χ0) is 32.9. The fourth-order valence-electron chi connectivity index (χ4n) is 5.74. The van der Waals surface area contributed by atoms with E-state index in [1.165, 1.54) is 12.1 Å². The van der Waals surface area contributed by atoms with E-state index in [2.05, 4.69) is 20.9 Å². The number of benzene rings is 2. The van der Waals surface area contributed by atoms with Gasteiger partial charge in [0.05, 0.1) is 21.6 Å². The lowest BCUT2D eigenvalue weighted by Gasteiger charge is -2.39. The average molecular weight is 658 g/mol. The van der Waals surface area contributed by atoms with Gasteiger partial charge in [-0.2, -0.15) is 0 Å². The lowest BCUT2D eigenvalue weighted by atomic mass is 9.78. The Morgan fingerprint density at radius 3 is 2.40 bits per heavy atom. The van der Waals surface area contributed by atoms with E-state index in [0.29, 0.717) is 35.7 Å². The highest BCUT2D eigenvalue weighted by atomic mass is 35.5. The summed E-state index contributed by atoms with van der Waals surface area (Å²) in [5, 5.41) is 9.47. The van der Waals surface area contributed by atoms with Gasteiger partial charge in [0.1, 0.15) is 24.0 Å². The minimum atomic E-state index is -1.46. The van der Waals surface area contributed by atoms with Crippen molar-refractivity contribution in [2.45, 2.75) is 84.0 Å². The van der Waals surface area contributed by atoms with Crippen LogP contribution in [-0.2, 0) is 33.8 Å². The normalized spacial score (nSPS) is 18.6. The number of halogens is 2. The summed E-state index contributed by atoms with van der Waals surface area (Å²) in [5.41, 5.74) is 7.43. The monoisotopic (exact) mass is 657 g/mol. The van der Waals surface area contributed by atoms with Gasteiger partial charge in [-0.1, -0.05) is 94.7 Å². The number of fused-ring (bicyclic) bond motifs is 3. The van der Waals surface area contributed by atoms with Crippen molar-refractivity contribution in [3.8, 4) is 0 Å². The maximum atomic E-state index is 14.5. The quantitative estimate of drug-likeness (QED) is 0.164. The number of thiocarbonyl (C=S) groups is 1. The summed E-state index contributed by atoms with van der Waals surface area (Å²) in [6, 6.07) is 10.2. The maximum Gasteiger partial charge on any atom is 0.408 e. The third-order valence-electron chi connectivity index (χ3n) is 8.89. The van der Waals surface area contributed by atoms with Gasteiger partial charge in [0.25, 0.3) is 0 Å². The Kier molecular flexibility index (Phi) is 11.1. The minimum absolute atomic E-state index is 0.0340. The predicted octanol–water partition coefficient (Wildman–Crippen LogP) is 5.46. The highest BCUT2D eigenvalue weighted by Gasteiger charge is 2.46. The Morgan fingerprint density at radius 2 is 1.76 bits per heavy atom. The molecule has 1 aromatic heterocycles. The number of amides is 3. The van der Waals surface area contributed by atoms with E-state index in [9.17, 15) is 18.8 Å². The molecule has 4 rings (SSSR count). The molecule has 3 aromatic rings. The van der Waals surface area contributed by atoms with Crippen molar-refractivity contribution in [2.75, 3.05) is 0 Å². The molecule has 1 aliphatic carbocycles. The minimum Gasteiger partial charge on any atom is -0.445 e. The Labute approximate surface area is 273 Å². The molecule has 6 N–H and O–H groups in total. The summed E-state index contributed by atoms with van der Waals surface area (Å²) in [5.74, 6) is -1.88. The van der Waals surface area contributed by atoms with Crippen LogP contribution in [0.4, 0.5) is 9.18 Å². The van der Waals surface area contributed by atoms with E-state index in [-0.39, 0.29) is 41.3 Å². The van der Waals surface area contributed by atoms with Crippen LogP contribution in [0.1, 0.15) is 63.8 Å². The molecule has 0 fully saturated rings. The van der Waals surface area contributed by atoms with Gasteiger partial charge in [0.15, 0.2) is 0 Å². The van der Waals surface area contributed by atoms with Gasteiger partial charge >= 0.3 is 6.09 Å². The van der Waals surface area contributed by atoms with Crippen LogP contribution in [0.25, 0.3) is 10.9 Å². The molecule has 0 bridgehead atoms. The van der Waals surface area contributed by atoms with Crippen LogP contribution in [0.15, 0.2) is 42.5 Å². The molecule has 1 heterocycles. The number of hydrogen-bond acceptors (Lipinski definition) is 5. The first-order chi connectivity index (χ1) is 21.4. The van der Waals surface area contributed by atoms with Crippen LogP contribution in [0, 0.1) is 17.7 Å². The van der Waals surface area contributed by atoms with Crippen molar-refractivity contribution in [2.24, 2.45) is 17.6 Å². The highest BCUT2D eigenvalue weighted by molar-refractivity contribution is 7.80. The second-order valence-electron chi connectivity index (χ2n) is 11.9. The first-order valence-corrected chi connectivity index (χ1v) is 16.1. The van der Waals surface area contributed by atoms with Crippen LogP contribution >= 0.6 is 23.8 Å². The van der Waals surface area contributed by atoms with Crippen molar-refractivity contribution in [3.63, 3.8) is 0 Å². The van der Waals surface area contributed by atoms with Gasteiger partial charge in [-0.15, -0.1) is 0 Å². The van der Waals surface area contributed by atoms with Gasteiger partial charge in [0, 0.05) is 17.5 Å². The molecule has 0 saturated carbocycles. The molecule has 12 heteroatoms. The molecule has 0 spiro atoms. The number of aromatic amines is 1. The SMILES string of the molecule is CCC(C)C(NC(=O)OCc1ccccc1)C(=O)NC1(C(=O)NC(C(N)=S)C(C)CC)CCc2[nH]c3c(Cl)cc(F)cc3c2C1. The van der Waals surface area contributed by atoms with E-state index in [0.717, 1.165) is 11.3 Å². The summed E-state index contributed by atoms with van der Waals surface area (Å²) < 4.78 is 19.9. The number of aromatic nitrogens is 1. The lowest BCUT2D eigenvalue weighted by Crippen LogP contribution is -2.67. The maximum absolute atomic E-state index is 14.5. The number of nitrogens with two attached hydrogens (primary N) is 1. The molecule has 242 valence electrons. The summed E-state index contributed by atoms with van der Waals surface area (Å²) in [4.78, 5) is 44.6. The predicted molar refractivity (Wildman–Crippen MR) is 177 cm³/mol. The van der Waals surface area contributed by atoms with Crippen molar-refractivity contribution < 1.29 is 23.5 Å². The van der Waals surface area contributed by atoms with E-state index in [1.54, 1.807) is 0 Å². The number of H-pyrrole nitrogens is 1. The number of alkyl carbamates (subject to hydrolysis) is 1. The van der Waals surface area contributed by atoms with Crippen LogP contribution in [0.5, 0.6) is 0 Å². The molecule has 0 radical (unpaired) electrons. The largest absolute Gasteiger partial charge is 0.445 e. The van der Waals surface area contributed by atoms with Crippen LogP contribution in [-0.4, -0.2) is 45.5 Å². The fourth-order valence-corrected chi connectivity index (χ4v) is 6.29. The summed E-state index contributed by atoms with van der Waals surface area (Å²) in [7, 11) is 0. The van der Waals surface area contributed by atoms with Gasteiger partial charge in [-0.05, 0) is 47.9 Å². The number of ether oxygens (including phenoxy) is 1. The highest BCUT2D eigenvalue weighted by Crippen LogP contribution is 2.37. The van der Waals surface area contributed by atoms with Crippen LogP contribution < -0.4 is 21.7 Å². The standard InChI is InChI=1S/C33H41ClFN5O4S/c1-5-18(3)26(29(36)45)38-31(42)33(13-12-25-23(16-33)22-14-21(35)15-24(34)28(22)37-25)40-30(41)27(19(4)6-2)39-32(43)44-17-20-10-8-7-9-11-20/h7-11,14-15,18-19,26-27,37H,5-6,12-13,16-17H2,1-4H3,(H2,36,45)(H,38,42)(H,39,43)(H,40,41). The Balaban J connectivity index is 1.66. The smallest absolute Gasteiger partial charge is 0.408 e.